The molecule has 3 aliphatic rings. The predicted octanol–water partition coefficient (Wildman–Crippen LogP) is 3.50. The van der Waals surface area contributed by atoms with Gasteiger partial charge in [0.05, 0.1) is 17.4 Å². The van der Waals surface area contributed by atoms with Crippen LogP contribution in [0.25, 0.3) is 0 Å². The van der Waals surface area contributed by atoms with Crippen molar-refractivity contribution in [1.82, 2.24) is 4.90 Å². The zero-order valence-corrected chi connectivity index (χ0v) is 15.0. The second-order valence-corrected chi connectivity index (χ2v) is 8.00. The first-order chi connectivity index (χ1) is 12.2. The van der Waals surface area contributed by atoms with Crippen LogP contribution in [0, 0.1) is 11.8 Å². The van der Waals surface area contributed by atoms with Gasteiger partial charge in [-0.2, -0.15) is 0 Å². The van der Waals surface area contributed by atoms with Crippen LogP contribution < -0.4 is 0 Å². The van der Waals surface area contributed by atoms with E-state index in [1.54, 1.807) is 12.3 Å². The van der Waals surface area contributed by atoms with E-state index in [0.29, 0.717) is 11.5 Å². The van der Waals surface area contributed by atoms with Crippen LogP contribution in [0.3, 0.4) is 0 Å². The summed E-state index contributed by atoms with van der Waals surface area (Å²) in [6.45, 7) is 4.24. The Morgan fingerprint density at radius 3 is 2.80 bits per heavy atom. The van der Waals surface area contributed by atoms with Crippen molar-refractivity contribution in [2.75, 3.05) is 32.9 Å². The summed E-state index contributed by atoms with van der Waals surface area (Å²) in [7, 11) is 0. The second kappa shape index (κ2) is 7.50. The van der Waals surface area contributed by atoms with Gasteiger partial charge < -0.3 is 18.8 Å². The van der Waals surface area contributed by atoms with Gasteiger partial charge in [-0.05, 0) is 62.8 Å². The third-order valence-corrected chi connectivity index (χ3v) is 6.05. The maximum absolute atomic E-state index is 12.4. The molecule has 1 amide bonds. The van der Waals surface area contributed by atoms with Crippen molar-refractivity contribution in [3.63, 3.8) is 0 Å². The van der Waals surface area contributed by atoms with Crippen molar-refractivity contribution >= 4 is 5.91 Å². The average molecular weight is 347 g/mol. The summed E-state index contributed by atoms with van der Waals surface area (Å²) in [5.74, 6) is 1.62. The van der Waals surface area contributed by atoms with Crippen LogP contribution in [0.2, 0.25) is 0 Å². The molecule has 1 aliphatic carbocycles. The number of piperidine rings is 1. The normalized spacial score (nSPS) is 26.1. The molecule has 25 heavy (non-hydrogen) atoms. The molecule has 2 aliphatic heterocycles. The van der Waals surface area contributed by atoms with Gasteiger partial charge in [0.1, 0.15) is 6.26 Å². The maximum atomic E-state index is 12.4. The van der Waals surface area contributed by atoms with Gasteiger partial charge in [-0.1, -0.05) is 0 Å². The Morgan fingerprint density at radius 1 is 1.24 bits per heavy atom. The molecule has 1 aromatic heterocycles. The number of nitrogens with zero attached hydrogens (tertiary/aromatic N) is 1. The highest BCUT2D eigenvalue weighted by atomic mass is 16.5. The van der Waals surface area contributed by atoms with E-state index in [1.807, 2.05) is 4.90 Å². The minimum Gasteiger partial charge on any atom is -0.472 e. The molecule has 3 heterocycles. The highest BCUT2D eigenvalue weighted by Gasteiger charge is 2.41. The van der Waals surface area contributed by atoms with Crippen LogP contribution in [-0.2, 0) is 9.47 Å². The Balaban J connectivity index is 1.24. The Bertz CT molecular complexity index is 558. The van der Waals surface area contributed by atoms with Crippen molar-refractivity contribution < 1.29 is 18.7 Å². The molecular weight excluding hydrogens is 318 g/mol. The van der Waals surface area contributed by atoms with Crippen LogP contribution in [0.5, 0.6) is 0 Å². The third kappa shape index (κ3) is 4.26. The van der Waals surface area contributed by atoms with Gasteiger partial charge in [-0.15, -0.1) is 0 Å². The van der Waals surface area contributed by atoms with Gasteiger partial charge in [0, 0.05) is 32.9 Å². The Labute approximate surface area is 149 Å². The summed E-state index contributed by atoms with van der Waals surface area (Å²) in [5.41, 5.74) is 0.623. The van der Waals surface area contributed by atoms with Crippen molar-refractivity contribution in [3.05, 3.63) is 24.2 Å². The van der Waals surface area contributed by atoms with Gasteiger partial charge >= 0.3 is 0 Å². The highest BCUT2D eigenvalue weighted by Crippen LogP contribution is 2.39. The molecule has 4 rings (SSSR count). The fourth-order valence-corrected chi connectivity index (χ4v) is 4.19. The zero-order valence-electron chi connectivity index (χ0n) is 15.0. The first-order valence-corrected chi connectivity index (χ1v) is 9.77. The SMILES string of the molecule is O=C(c1ccoc1)N1CCC2(CC1)CC(CCOCC1CC1)CCO2. The average Bonchev–Trinajstić information content (AvgIpc) is 3.29. The number of carbonyl (C=O) groups excluding carboxylic acids is 1. The lowest BCUT2D eigenvalue weighted by Crippen LogP contribution is -2.50. The molecule has 0 bridgehead atoms. The van der Waals surface area contributed by atoms with E-state index in [2.05, 4.69) is 0 Å². The molecule has 1 saturated carbocycles. The Kier molecular flexibility index (Phi) is 5.13. The molecule has 1 unspecified atom stereocenters. The standard InChI is InChI=1S/C20H29NO4/c22-19(18-5-11-24-15-18)21-8-6-20(7-9-21)13-16(4-12-25-20)3-10-23-14-17-1-2-17/h5,11,15-17H,1-4,6-10,12-14H2. The van der Waals surface area contributed by atoms with Crippen LogP contribution in [0.1, 0.15) is 55.3 Å². The van der Waals surface area contributed by atoms with Gasteiger partial charge in [0.15, 0.2) is 0 Å². The van der Waals surface area contributed by atoms with Crippen LogP contribution in [0.4, 0.5) is 0 Å². The number of rotatable bonds is 6. The van der Waals surface area contributed by atoms with E-state index in [0.717, 1.165) is 70.9 Å². The van der Waals surface area contributed by atoms with Gasteiger partial charge in [0.25, 0.3) is 5.91 Å². The van der Waals surface area contributed by atoms with E-state index in [-0.39, 0.29) is 11.5 Å². The van der Waals surface area contributed by atoms with E-state index in [9.17, 15) is 4.79 Å². The highest BCUT2D eigenvalue weighted by molar-refractivity contribution is 5.93. The smallest absolute Gasteiger partial charge is 0.257 e. The fourth-order valence-electron chi connectivity index (χ4n) is 4.19. The molecule has 5 heteroatoms. The summed E-state index contributed by atoms with van der Waals surface area (Å²) in [6.07, 6.45) is 11.1. The Morgan fingerprint density at radius 2 is 2.08 bits per heavy atom. The third-order valence-electron chi connectivity index (χ3n) is 6.05. The fraction of sp³-hybridized carbons (Fsp3) is 0.750. The van der Waals surface area contributed by atoms with E-state index in [4.69, 9.17) is 13.9 Å². The topological polar surface area (TPSA) is 51.9 Å². The summed E-state index contributed by atoms with van der Waals surface area (Å²) < 4.78 is 17.1. The number of hydrogen-bond donors (Lipinski definition) is 0. The van der Waals surface area contributed by atoms with Gasteiger partial charge in [-0.25, -0.2) is 0 Å². The van der Waals surface area contributed by atoms with E-state index in [1.165, 1.54) is 19.1 Å². The number of hydrogen-bond acceptors (Lipinski definition) is 4. The summed E-state index contributed by atoms with van der Waals surface area (Å²) in [5, 5.41) is 0. The summed E-state index contributed by atoms with van der Waals surface area (Å²) in [6, 6.07) is 1.74. The minimum atomic E-state index is -0.0212. The molecule has 0 aromatic carbocycles. The minimum absolute atomic E-state index is 0.0212. The van der Waals surface area contributed by atoms with Crippen LogP contribution in [-0.4, -0.2) is 49.3 Å². The molecule has 138 valence electrons. The first kappa shape index (κ1) is 17.1. The summed E-state index contributed by atoms with van der Waals surface area (Å²) >= 11 is 0. The van der Waals surface area contributed by atoms with Crippen LogP contribution >= 0.6 is 0 Å². The lowest BCUT2D eigenvalue weighted by Gasteiger charge is -2.46. The lowest BCUT2D eigenvalue weighted by molar-refractivity contribution is -0.126. The van der Waals surface area contributed by atoms with Gasteiger partial charge in [0.2, 0.25) is 0 Å². The molecule has 1 atom stereocenters. The number of likely N-dealkylation sites (tertiary alicyclic amines) is 1. The molecule has 2 saturated heterocycles. The first-order valence-electron chi connectivity index (χ1n) is 9.77. The zero-order chi connectivity index (χ0) is 17.1. The van der Waals surface area contributed by atoms with Crippen molar-refractivity contribution in [1.29, 1.82) is 0 Å². The largest absolute Gasteiger partial charge is 0.472 e. The molecule has 0 radical (unpaired) electrons. The lowest BCUT2D eigenvalue weighted by atomic mass is 9.78. The maximum Gasteiger partial charge on any atom is 0.257 e. The Hall–Kier alpha value is -1.33. The predicted molar refractivity (Wildman–Crippen MR) is 93.4 cm³/mol. The number of carbonyl (C=O) groups is 1. The van der Waals surface area contributed by atoms with Gasteiger partial charge in [-0.3, -0.25) is 4.79 Å². The quantitative estimate of drug-likeness (QED) is 0.739. The molecule has 5 nitrogen and oxygen atoms in total. The molecule has 0 N–H and O–H groups in total. The monoisotopic (exact) mass is 347 g/mol. The molecule has 3 fully saturated rings. The van der Waals surface area contributed by atoms with E-state index >= 15 is 0 Å². The van der Waals surface area contributed by atoms with Crippen molar-refractivity contribution in [2.45, 2.75) is 50.5 Å². The van der Waals surface area contributed by atoms with Crippen molar-refractivity contribution in [3.8, 4) is 0 Å². The number of ether oxygens (including phenoxy) is 2. The molecular formula is C20H29NO4. The van der Waals surface area contributed by atoms with E-state index < -0.39 is 0 Å². The number of amides is 1. The molecule has 1 spiro atoms. The second-order valence-electron chi connectivity index (χ2n) is 8.00. The van der Waals surface area contributed by atoms with Crippen molar-refractivity contribution in [2.24, 2.45) is 11.8 Å². The molecule has 1 aromatic rings. The summed E-state index contributed by atoms with van der Waals surface area (Å²) in [4.78, 5) is 14.4. The van der Waals surface area contributed by atoms with Crippen LogP contribution in [0.15, 0.2) is 23.0 Å². The number of furan rings is 1.